The summed E-state index contributed by atoms with van der Waals surface area (Å²) in [4.78, 5) is 4.14. The van der Waals surface area contributed by atoms with E-state index in [-0.39, 0.29) is 6.61 Å². The molecule has 0 aliphatic rings. The van der Waals surface area contributed by atoms with E-state index in [1.54, 1.807) is 6.20 Å². The third kappa shape index (κ3) is 4.57. The molecular weight excluding hydrogens is 300 g/mol. The second kappa shape index (κ2) is 8.13. The molecule has 1 heterocycles. The summed E-state index contributed by atoms with van der Waals surface area (Å²) in [5.74, 6) is 1.48. The summed E-state index contributed by atoms with van der Waals surface area (Å²) in [6.45, 7) is 0.615. The minimum Gasteiger partial charge on any atom is -0.491 e. The molecule has 1 atom stereocenters. The van der Waals surface area contributed by atoms with Gasteiger partial charge in [0.2, 0.25) is 0 Å². The maximum absolute atomic E-state index is 9.99. The number of hydrogen-bond acceptors (Lipinski definition) is 4. The minimum atomic E-state index is -0.610. The van der Waals surface area contributed by atoms with Gasteiger partial charge in [-0.3, -0.25) is 0 Å². The summed E-state index contributed by atoms with van der Waals surface area (Å²) in [6.07, 6.45) is 1.10. The highest BCUT2D eigenvalue weighted by Crippen LogP contribution is 2.22. The number of anilines is 1. The van der Waals surface area contributed by atoms with Gasteiger partial charge >= 0.3 is 0 Å². The number of aliphatic hydroxyl groups excluding tert-OH is 1. The van der Waals surface area contributed by atoms with Gasteiger partial charge in [0.1, 0.15) is 24.3 Å². The van der Waals surface area contributed by atoms with Crippen LogP contribution in [0.1, 0.15) is 0 Å². The Morgan fingerprint density at radius 2 is 1.58 bits per heavy atom. The van der Waals surface area contributed by atoms with Crippen molar-refractivity contribution in [1.29, 1.82) is 0 Å². The van der Waals surface area contributed by atoms with Crippen LogP contribution in [0.3, 0.4) is 0 Å². The zero-order valence-electron chi connectivity index (χ0n) is 13.3. The van der Waals surface area contributed by atoms with Crippen molar-refractivity contribution in [1.82, 2.24) is 4.98 Å². The lowest BCUT2D eigenvalue weighted by molar-refractivity contribution is 0.117. The van der Waals surface area contributed by atoms with E-state index in [9.17, 15) is 5.11 Å². The van der Waals surface area contributed by atoms with E-state index in [4.69, 9.17) is 4.74 Å². The average Bonchev–Trinajstić information content (AvgIpc) is 2.67. The van der Waals surface area contributed by atoms with E-state index in [0.717, 1.165) is 17.1 Å². The van der Waals surface area contributed by atoms with Crippen molar-refractivity contribution in [2.75, 3.05) is 18.5 Å². The van der Waals surface area contributed by atoms with Gasteiger partial charge in [0.15, 0.2) is 0 Å². The second-order valence-corrected chi connectivity index (χ2v) is 5.45. The summed E-state index contributed by atoms with van der Waals surface area (Å²) in [5, 5.41) is 13.1. The second-order valence-electron chi connectivity index (χ2n) is 5.45. The van der Waals surface area contributed by atoms with Gasteiger partial charge in [-0.15, -0.1) is 0 Å². The Hall–Kier alpha value is -2.85. The summed E-state index contributed by atoms with van der Waals surface area (Å²) in [5.41, 5.74) is 2.31. The van der Waals surface area contributed by atoms with E-state index in [1.807, 2.05) is 60.7 Å². The number of nitrogens with zero attached hydrogens (tertiary/aromatic N) is 1. The van der Waals surface area contributed by atoms with Crippen molar-refractivity contribution in [3.8, 4) is 16.9 Å². The number of hydrogen-bond donors (Lipinski definition) is 2. The van der Waals surface area contributed by atoms with Gasteiger partial charge in [0, 0.05) is 12.7 Å². The van der Waals surface area contributed by atoms with Crippen LogP contribution in [0.4, 0.5) is 5.82 Å². The molecule has 0 saturated carbocycles. The van der Waals surface area contributed by atoms with Crippen LogP contribution < -0.4 is 10.1 Å². The Balaban J connectivity index is 1.48. The third-order valence-corrected chi connectivity index (χ3v) is 3.59. The van der Waals surface area contributed by atoms with Crippen molar-refractivity contribution < 1.29 is 9.84 Å². The molecule has 2 aromatic carbocycles. The zero-order chi connectivity index (χ0) is 16.6. The number of benzene rings is 2. The Bertz CT molecular complexity index is 731. The van der Waals surface area contributed by atoms with Gasteiger partial charge in [-0.05, 0) is 35.4 Å². The lowest BCUT2D eigenvalue weighted by Crippen LogP contribution is -2.26. The fourth-order valence-corrected chi connectivity index (χ4v) is 2.32. The van der Waals surface area contributed by atoms with Gasteiger partial charge < -0.3 is 15.2 Å². The minimum absolute atomic E-state index is 0.227. The van der Waals surface area contributed by atoms with Crippen molar-refractivity contribution in [3.63, 3.8) is 0 Å². The summed E-state index contributed by atoms with van der Waals surface area (Å²) in [6, 6.07) is 23.7. The smallest absolute Gasteiger partial charge is 0.125 e. The fourth-order valence-electron chi connectivity index (χ4n) is 2.32. The number of pyridine rings is 1. The van der Waals surface area contributed by atoms with Gasteiger partial charge in [-0.1, -0.05) is 48.5 Å². The fraction of sp³-hybridized carbons (Fsp3) is 0.150. The lowest BCUT2D eigenvalue weighted by Gasteiger charge is -2.14. The molecule has 0 spiro atoms. The molecule has 0 unspecified atom stereocenters. The standard InChI is InChI=1S/C20H20N2O2/c23-18(14-22-20-8-4-5-13-21-20)15-24-19-11-9-17(10-12-19)16-6-2-1-3-7-16/h1-13,18,23H,14-15H2,(H,21,22)/t18-/m1/s1. The predicted octanol–water partition coefficient (Wildman–Crippen LogP) is 3.60. The van der Waals surface area contributed by atoms with Crippen LogP contribution in [0.2, 0.25) is 0 Å². The summed E-state index contributed by atoms with van der Waals surface area (Å²) >= 11 is 0. The third-order valence-electron chi connectivity index (χ3n) is 3.59. The molecule has 1 aromatic heterocycles. The number of ether oxygens (including phenoxy) is 1. The quantitative estimate of drug-likeness (QED) is 0.698. The first-order chi connectivity index (χ1) is 11.8. The van der Waals surface area contributed by atoms with E-state index in [0.29, 0.717) is 6.54 Å². The molecule has 0 saturated heterocycles. The normalized spacial score (nSPS) is 11.7. The maximum Gasteiger partial charge on any atom is 0.125 e. The van der Waals surface area contributed by atoms with Crippen molar-refractivity contribution in [2.45, 2.75) is 6.10 Å². The predicted molar refractivity (Wildman–Crippen MR) is 96.1 cm³/mol. The number of rotatable bonds is 7. The molecule has 0 fully saturated rings. The number of aliphatic hydroxyl groups is 1. The number of aromatic nitrogens is 1. The highest BCUT2D eigenvalue weighted by molar-refractivity contribution is 5.63. The Morgan fingerprint density at radius 3 is 2.29 bits per heavy atom. The first kappa shape index (κ1) is 16.0. The average molecular weight is 320 g/mol. The molecule has 0 radical (unpaired) electrons. The van der Waals surface area contributed by atoms with Crippen LogP contribution in [0.15, 0.2) is 79.0 Å². The molecule has 2 N–H and O–H groups in total. The first-order valence-electron chi connectivity index (χ1n) is 7.92. The molecule has 0 bridgehead atoms. The molecule has 0 amide bonds. The van der Waals surface area contributed by atoms with E-state index < -0.39 is 6.10 Å². The summed E-state index contributed by atoms with van der Waals surface area (Å²) in [7, 11) is 0. The van der Waals surface area contributed by atoms with E-state index in [1.165, 1.54) is 5.56 Å². The molecule has 4 nitrogen and oxygen atoms in total. The van der Waals surface area contributed by atoms with Crippen LogP contribution in [-0.4, -0.2) is 29.3 Å². The van der Waals surface area contributed by atoms with Crippen molar-refractivity contribution >= 4 is 5.82 Å². The number of nitrogens with one attached hydrogen (secondary N) is 1. The van der Waals surface area contributed by atoms with Crippen LogP contribution in [0.25, 0.3) is 11.1 Å². The summed E-state index contributed by atoms with van der Waals surface area (Å²) < 4.78 is 5.64. The van der Waals surface area contributed by atoms with Crippen LogP contribution in [0, 0.1) is 0 Å². The molecule has 3 rings (SSSR count). The molecule has 0 aliphatic heterocycles. The zero-order valence-corrected chi connectivity index (χ0v) is 13.3. The highest BCUT2D eigenvalue weighted by atomic mass is 16.5. The Morgan fingerprint density at radius 1 is 0.875 bits per heavy atom. The highest BCUT2D eigenvalue weighted by Gasteiger charge is 2.06. The lowest BCUT2D eigenvalue weighted by atomic mass is 10.1. The van der Waals surface area contributed by atoms with Crippen LogP contribution in [-0.2, 0) is 0 Å². The van der Waals surface area contributed by atoms with Gasteiger partial charge in [0.25, 0.3) is 0 Å². The van der Waals surface area contributed by atoms with Crippen LogP contribution >= 0.6 is 0 Å². The van der Waals surface area contributed by atoms with Gasteiger partial charge in [-0.25, -0.2) is 4.98 Å². The monoisotopic (exact) mass is 320 g/mol. The SMILES string of the molecule is O[C@H](CNc1ccccn1)COc1ccc(-c2ccccc2)cc1. The van der Waals surface area contributed by atoms with Gasteiger partial charge in [-0.2, -0.15) is 0 Å². The molecular formula is C20H20N2O2. The van der Waals surface area contributed by atoms with E-state index >= 15 is 0 Å². The van der Waals surface area contributed by atoms with Crippen LogP contribution in [0.5, 0.6) is 5.75 Å². The molecule has 122 valence electrons. The van der Waals surface area contributed by atoms with Gasteiger partial charge in [0.05, 0.1) is 0 Å². The Kier molecular flexibility index (Phi) is 5.43. The molecule has 4 heteroatoms. The van der Waals surface area contributed by atoms with E-state index in [2.05, 4.69) is 22.4 Å². The topological polar surface area (TPSA) is 54.4 Å². The Labute approximate surface area is 141 Å². The molecule has 3 aromatic rings. The van der Waals surface area contributed by atoms with Crippen molar-refractivity contribution in [3.05, 3.63) is 79.0 Å². The van der Waals surface area contributed by atoms with Crippen molar-refractivity contribution in [2.24, 2.45) is 0 Å². The largest absolute Gasteiger partial charge is 0.491 e. The molecule has 0 aliphatic carbocycles. The molecule has 24 heavy (non-hydrogen) atoms. The first-order valence-corrected chi connectivity index (χ1v) is 7.92. The maximum atomic E-state index is 9.99.